The molecule has 0 saturated carbocycles. The summed E-state index contributed by atoms with van der Waals surface area (Å²) in [5.41, 5.74) is 0.786. The van der Waals surface area contributed by atoms with Crippen LogP contribution < -0.4 is 9.04 Å². The fraction of sp³-hybridized carbons (Fsp3) is 0.105. The number of fused-ring (bicyclic) bond motifs is 1. The molecule has 4 nitrogen and oxygen atoms in total. The third kappa shape index (κ3) is 4.36. The quantitative estimate of drug-likeness (QED) is 0.526. The van der Waals surface area contributed by atoms with Crippen LogP contribution in [0.4, 0.5) is 5.69 Å². The van der Waals surface area contributed by atoms with Crippen molar-refractivity contribution in [1.29, 1.82) is 0 Å². The summed E-state index contributed by atoms with van der Waals surface area (Å²) in [6, 6.07) is 16.6. The minimum Gasteiger partial charge on any atom is -0.497 e. The van der Waals surface area contributed by atoms with E-state index in [0.717, 1.165) is 27.1 Å². The minimum atomic E-state index is -0.934. The Morgan fingerprint density at radius 3 is 2.50 bits per heavy atom. The molecule has 7 heteroatoms. The number of methoxy groups -OCH3 is 1. The first kappa shape index (κ1) is 18.7. The molecule has 0 radical (unpaired) electrons. The summed E-state index contributed by atoms with van der Waals surface area (Å²) in [5, 5.41) is 12.2. The number of halogens is 2. The fourth-order valence-corrected chi connectivity index (χ4v) is 4.29. The largest absolute Gasteiger partial charge is 0.497 e. The number of nitrogens with zero attached hydrogens (tertiary/aromatic N) is 1. The zero-order valence-electron chi connectivity index (χ0n) is 13.8. The van der Waals surface area contributed by atoms with Crippen molar-refractivity contribution in [2.75, 3.05) is 18.0 Å². The highest BCUT2D eigenvalue weighted by molar-refractivity contribution is 8.00. The second-order valence-corrected chi connectivity index (χ2v) is 7.46. The van der Waals surface area contributed by atoms with Crippen LogP contribution in [0.25, 0.3) is 10.8 Å². The maximum atomic E-state index is 11.4. The summed E-state index contributed by atoms with van der Waals surface area (Å²) >= 11 is 13.4. The molecule has 0 saturated heterocycles. The molecule has 1 N–H and O–H groups in total. The average molecular weight is 408 g/mol. The van der Waals surface area contributed by atoms with Crippen LogP contribution in [0.15, 0.2) is 59.5 Å². The summed E-state index contributed by atoms with van der Waals surface area (Å²) in [6.07, 6.45) is 0. The molecule has 0 heterocycles. The van der Waals surface area contributed by atoms with E-state index in [2.05, 4.69) is 0 Å². The van der Waals surface area contributed by atoms with Gasteiger partial charge in [0.1, 0.15) is 12.3 Å². The highest BCUT2D eigenvalue weighted by Gasteiger charge is 2.16. The van der Waals surface area contributed by atoms with Crippen LogP contribution >= 0.6 is 35.1 Å². The van der Waals surface area contributed by atoms with Gasteiger partial charge < -0.3 is 14.1 Å². The maximum absolute atomic E-state index is 11.4. The Morgan fingerprint density at radius 2 is 1.85 bits per heavy atom. The van der Waals surface area contributed by atoms with E-state index in [9.17, 15) is 9.90 Å². The number of carbonyl (C=O) groups is 1. The molecule has 0 unspecified atom stereocenters. The molecule has 0 aliphatic heterocycles. The number of anilines is 1. The Hall–Kier alpha value is -2.08. The summed E-state index contributed by atoms with van der Waals surface area (Å²) in [6.45, 7) is -0.181. The number of rotatable bonds is 6. The van der Waals surface area contributed by atoms with Gasteiger partial charge in [-0.2, -0.15) is 0 Å². The zero-order valence-corrected chi connectivity index (χ0v) is 16.1. The van der Waals surface area contributed by atoms with E-state index in [1.54, 1.807) is 29.6 Å². The van der Waals surface area contributed by atoms with Crippen molar-refractivity contribution in [1.82, 2.24) is 0 Å². The lowest BCUT2D eigenvalue weighted by atomic mass is 10.1. The Balaban J connectivity index is 2.05. The molecule has 0 aliphatic carbocycles. The molecule has 3 aromatic rings. The Labute approximate surface area is 165 Å². The van der Waals surface area contributed by atoms with Gasteiger partial charge >= 0.3 is 5.97 Å². The molecule has 26 heavy (non-hydrogen) atoms. The molecule has 3 rings (SSSR count). The first-order valence-electron chi connectivity index (χ1n) is 7.66. The number of benzene rings is 3. The first-order valence-corrected chi connectivity index (χ1v) is 9.19. The van der Waals surface area contributed by atoms with E-state index < -0.39 is 5.97 Å². The molecule has 0 aliphatic rings. The molecular weight excluding hydrogens is 393 g/mol. The van der Waals surface area contributed by atoms with Gasteiger partial charge in [-0.25, -0.2) is 0 Å². The standard InChI is InChI=1S/C19H15Cl2NO3S/c1-25-15-5-6-17-12(7-15)3-2-4-18(17)22(11-19(23)24)26-16-9-13(20)8-14(21)10-16/h2-10H,11H2,1H3,(H,23,24). The van der Waals surface area contributed by atoms with Gasteiger partial charge in [-0.1, -0.05) is 35.3 Å². The third-order valence-corrected chi connectivity index (χ3v) is 5.09. The highest BCUT2D eigenvalue weighted by atomic mass is 35.5. The fourth-order valence-electron chi connectivity index (χ4n) is 2.59. The van der Waals surface area contributed by atoms with Crippen molar-refractivity contribution in [3.63, 3.8) is 0 Å². The molecule has 0 fully saturated rings. The van der Waals surface area contributed by atoms with Crippen LogP contribution in [0.1, 0.15) is 0 Å². The molecule has 0 atom stereocenters. The second-order valence-electron chi connectivity index (χ2n) is 5.49. The van der Waals surface area contributed by atoms with Crippen molar-refractivity contribution >= 4 is 57.6 Å². The van der Waals surface area contributed by atoms with Gasteiger partial charge in [0.25, 0.3) is 0 Å². The van der Waals surface area contributed by atoms with Crippen molar-refractivity contribution < 1.29 is 14.6 Å². The Bertz CT molecular complexity index is 944. The van der Waals surface area contributed by atoms with E-state index in [1.807, 2.05) is 36.4 Å². The van der Waals surface area contributed by atoms with Gasteiger partial charge in [0.15, 0.2) is 0 Å². The summed E-state index contributed by atoms with van der Waals surface area (Å²) in [7, 11) is 1.61. The molecular formula is C19H15Cl2NO3S. The van der Waals surface area contributed by atoms with Crippen LogP contribution in [0.2, 0.25) is 10.0 Å². The van der Waals surface area contributed by atoms with Gasteiger partial charge in [-0.05, 0) is 59.8 Å². The number of hydrogen-bond acceptors (Lipinski definition) is 4. The van der Waals surface area contributed by atoms with E-state index >= 15 is 0 Å². The molecule has 0 spiro atoms. The molecule has 134 valence electrons. The first-order chi connectivity index (χ1) is 12.5. The highest BCUT2D eigenvalue weighted by Crippen LogP contribution is 2.37. The zero-order chi connectivity index (χ0) is 18.7. The lowest BCUT2D eigenvalue weighted by Crippen LogP contribution is -2.23. The lowest BCUT2D eigenvalue weighted by Gasteiger charge is -2.23. The van der Waals surface area contributed by atoms with Crippen molar-refractivity contribution in [3.05, 3.63) is 64.6 Å². The predicted octanol–water partition coefficient (Wildman–Crippen LogP) is 5.75. The molecule has 3 aromatic carbocycles. The summed E-state index contributed by atoms with van der Waals surface area (Å²) in [4.78, 5) is 12.2. The number of hydrogen-bond donors (Lipinski definition) is 1. The summed E-state index contributed by atoms with van der Waals surface area (Å²) in [5.74, 6) is -0.190. The van der Waals surface area contributed by atoms with Crippen LogP contribution in [-0.2, 0) is 4.79 Å². The number of carboxylic acid groups (broad SMARTS) is 1. The van der Waals surface area contributed by atoms with E-state index in [1.165, 1.54) is 11.9 Å². The minimum absolute atomic E-state index is 0.181. The van der Waals surface area contributed by atoms with Crippen LogP contribution in [0.3, 0.4) is 0 Å². The number of carboxylic acids is 1. The van der Waals surface area contributed by atoms with Crippen LogP contribution in [0, 0.1) is 0 Å². The predicted molar refractivity (Wildman–Crippen MR) is 108 cm³/mol. The number of aliphatic carboxylic acids is 1. The van der Waals surface area contributed by atoms with E-state index in [0.29, 0.717) is 10.0 Å². The summed E-state index contributed by atoms with van der Waals surface area (Å²) < 4.78 is 6.97. The van der Waals surface area contributed by atoms with Crippen molar-refractivity contribution in [2.45, 2.75) is 4.90 Å². The van der Waals surface area contributed by atoms with Gasteiger partial charge in [-0.15, -0.1) is 0 Å². The lowest BCUT2D eigenvalue weighted by molar-refractivity contribution is -0.135. The number of ether oxygens (including phenoxy) is 1. The second kappa shape index (κ2) is 8.08. The Morgan fingerprint density at radius 1 is 1.12 bits per heavy atom. The molecule has 0 bridgehead atoms. The maximum Gasteiger partial charge on any atom is 0.324 e. The van der Waals surface area contributed by atoms with Crippen molar-refractivity contribution in [3.8, 4) is 5.75 Å². The van der Waals surface area contributed by atoms with Crippen LogP contribution in [-0.4, -0.2) is 24.7 Å². The van der Waals surface area contributed by atoms with E-state index in [4.69, 9.17) is 27.9 Å². The van der Waals surface area contributed by atoms with E-state index in [-0.39, 0.29) is 6.54 Å². The SMILES string of the molecule is COc1ccc2c(N(CC(=O)O)Sc3cc(Cl)cc(Cl)c3)cccc2c1. The van der Waals surface area contributed by atoms with Gasteiger partial charge in [0.05, 0.1) is 12.8 Å². The van der Waals surface area contributed by atoms with Crippen LogP contribution in [0.5, 0.6) is 5.75 Å². The third-order valence-electron chi connectivity index (χ3n) is 3.66. The monoisotopic (exact) mass is 407 g/mol. The van der Waals surface area contributed by atoms with Gasteiger partial charge in [-0.3, -0.25) is 4.79 Å². The topological polar surface area (TPSA) is 49.8 Å². The Kier molecular flexibility index (Phi) is 5.81. The van der Waals surface area contributed by atoms with Gasteiger partial charge in [0, 0.05) is 20.3 Å². The smallest absolute Gasteiger partial charge is 0.324 e. The molecule has 0 amide bonds. The van der Waals surface area contributed by atoms with Gasteiger partial charge in [0.2, 0.25) is 0 Å². The van der Waals surface area contributed by atoms with Crippen molar-refractivity contribution in [2.24, 2.45) is 0 Å². The molecule has 0 aromatic heterocycles. The average Bonchev–Trinajstić information content (AvgIpc) is 2.59. The normalized spacial score (nSPS) is 10.7.